The zero-order valence-electron chi connectivity index (χ0n) is 15.4. The number of piperidine rings is 1. The summed E-state index contributed by atoms with van der Waals surface area (Å²) in [5, 5.41) is 20.6. The van der Waals surface area contributed by atoms with Gasteiger partial charge in [0, 0.05) is 31.4 Å². The maximum absolute atomic E-state index is 12.2. The van der Waals surface area contributed by atoms with Gasteiger partial charge in [0.15, 0.2) is 0 Å². The lowest BCUT2D eigenvalue weighted by molar-refractivity contribution is -0.164. The molecule has 6 nitrogen and oxygen atoms in total. The highest BCUT2D eigenvalue weighted by Gasteiger charge is 2.48. The number of likely N-dealkylation sites (tertiary alicyclic amines) is 1. The van der Waals surface area contributed by atoms with E-state index in [9.17, 15) is 15.0 Å². The normalized spacial score (nSPS) is 23.2. The first-order valence-corrected chi connectivity index (χ1v) is 9.38. The van der Waals surface area contributed by atoms with Crippen LogP contribution in [0.1, 0.15) is 30.4 Å². The number of rotatable bonds is 7. The van der Waals surface area contributed by atoms with E-state index < -0.39 is 17.5 Å². The number of nitrogens with zero attached hydrogens (tertiary/aromatic N) is 2. The molecule has 0 radical (unpaired) electrons. The fraction of sp³-hybridized carbons (Fsp3) is 0.429. The summed E-state index contributed by atoms with van der Waals surface area (Å²) in [7, 11) is 0. The molecular weight excluding hydrogens is 342 g/mol. The standard InChI is InChI=1S/C21H27N3O3/c22-19-17(9-5-12-23-19)14-24-13-10-18(25)21(15-24,20(26)27)11-4-8-16-6-2-1-3-7-16/h1-3,5-7,9,12,18,25H,4,8,10-11,13-15H2,(H2,22,23)(H,26,27)/t18-,21-/m1/s1. The molecule has 2 heterocycles. The summed E-state index contributed by atoms with van der Waals surface area (Å²) in [5.74, 6) is -0.458. The molecule has 0 saturated carbocycles. The van der Waals surface area contributed by atoms with Gasteiger partial charge >= 0.3 is 5.97 Å². The first-order valence-electron chi connectivity index (χ1n) is 9.38. The molecule has 2 aromatic rings. The summed E-state index contributed by atoms with van der Waals surface area (Å²) < 4.78 is 0. The van der Waals surface area contributed by atoms with Crippen LogP contribution in [0.25, 0.3) is 0 Å². The number of nitrogens with two attached hydrogens (primary N) is 1. The van der Waals surface area contributed by atoms with Gasteiger partial charge in [0.25, 0.3) is 0 Å². The number of anilines is 1. The quantitative estimate of drug-likeness (QED) is 0.693. The van der Waals surface area contributed by atoms with Crippen molar-refractivity contribution in [2.45, 2.75) is 38.3 Å². The number of nitrogen functional groups attached to an aromatic ring is 1. The predicted molar refractivity (Wildman–Crippen MR) is 104 cm³/mol. The van der Waals surface area contributed by atoms with Gasteiger partial charge in [-0.2, -0.15) is 0 Å². The molecule has 27 heavy (non-hydrogen) atoms. The van der Waals surface area contributed by atoms with Crippen molar-refractivity contribution < 1.29 is 15.0 Å². The molecule has 2 atom stereocenters. The number of carboxylic acids is 1. The Kier molecular flexibility index (Phi) is 6.08. The lowest BCUT2D eigenvalue weighted by atomic mass is 9.73. The Morgan fingerprint density at radius 1 is 1.26 bits per heavy atom. The van der Waals surface area contributed by atoms with Crippen LogP contribution in [0, 0.1) is 5.41 Å². The number of aliphatic carboxylic acids is 1. The molecule has 1 aliphatic rings. The molecule has 1 saturated heterocycles. The van der Waals surface area contributed by atoms with Gasteiger partial charge in [0.05, 0.1) is 6.10 Å². The van der Waals surface area contributed by atoms with Crippen molar-refractivity contribution >= 4 is 11.8 Å². The van der Waals surface area contributed by atoms with Gasteiger partial charge in [0.2, 0.25) is 0 Å². The molecule has 6 heteroatoms. The van der Waals surface area contributed by atoms with E-state index in [-0.39, 0.29) is 0 Å². The monoisotopic (exact) mass is 369 g/mol. The average molecular weight is 369 g/mol. The van der Waals surface area contributed by atoms with Crippen LogP contribution >= 0.6 is 0 Å². The third-order valence-electron chi connectivity index (χ3n) is 5.54. The zero-order chi connectivity index (χ0) is 19.3. The van der Waals surface area contributed by atoms with E-state index in [0.717, 1.165) is 18.4 Å². The fourth-order valence-corrected chi connectivity index (χ4v) is 3.94. The number of aromatic nitrogens is 1. The largest absolute Gasteiger partial charge is 0.481 e. The Hall–Kier alpha value is -2.44. The summed E-state index contributed by atoms with van der Waals surface area (Å²) in [6.45, 7) is 1.50. The van der Waals surface area contributed by atoms with Crippen LogP contribution < -0.4 is 5.73 Å². The van der Waals surface area contributed by atoms with Gasteiger partial charge in [-0.1, -0.05) is 36.4 Å². The van der Waals surface area contributed by atoms with Crippen molar-refractivity contribution in [2.75, 3.05) is 18.8 Å². The molecule has 0 spiro atoms. The molecule has 4 N–H and O–H groups in total. The van der Waals surface area contributed by atoms with Crippen LogP contribution in [0.5, 0.6) is 0 Å². The smallest absolute Gasteiger partial charge is 0.313 e. The molecule has 1 aromatic heterocycles. The minimum Gasteiger partial charge on any atom is -0.481 e. The Morgan fingerprint density at radius 2 is 2.04 bits per heavy atom. The average Bonchev–Trinajstić information content (AvgIpc) is 2.67. The number of aliphatic hydroxyl groups excluding tert-OH is 1. The molecule has 0 aliphatic carbocycles. The fourth-order valence-electron chi connectivity index (χ4n) is 3.94. The number of carboxylic acid groups (broad SMARTS) is 1. The van der Waals surface area contributed by atoms with Crippen molar-refractivity contribution in [1.29, 1.82) is 0 Å². The minimum atomic E-state index is -1.15. The van der Waals surface area contributed by atoms with Crippen molar-refractivity contribution in [3.8, 4) is 0 Å². The number of pyridine rings is 1. The summed E-state index contributed by atoms with van der Waals surface area (Å²) in [6.07, 6.45) is 3.21. The number of hydrogen-bond acceptors (Lipinski definition) is 5. The number of hydrogen-bond donors (Lipinski definition) is 3. The van der Waals surface area contributed by atoms with Crippen LogP contribution in [-0.2, 0) is 17.8 Å². The first-order chi connectivity index (χ1) is 13.0. The summed E-state index contributed by atoms with van der Waals surface area (Å²) in [5.41, 5.74) is 6.85. The van der Waals surface area contributed by atoms with Gasteiger partial charge in [0.1, 0.15) is 11.2 Å². The molecule has 1 aromatic carbocycles. The Balaban J connectivity index is 1.69. The predicted octanol–water partition coefficient (Wildman–Crippen LogP) is 2.32. The highest BCUT2D eigenvalue weighted by Crippen LogP contribution is 2.36. The van der Waals surface area contributed by atoms with Crippen molar-refractivity contribution in [2.24, 2.45) is 5.41 Å². The third kappa shape index (κ3) is 4.46. The van der Waals surface area contributed by atoms with Gasteiger partial charge in [-0.05, 0) is 37.3 Å². The SMILES string of the molecule is Nc1ncccc1CN1CC[C@@H](O)[C@](CCCc2ccccc2)(C(=O)O)C1. The maximum atomic E-state index is 12.2. The van der Waals surface area contributed by atoms with Crippen molar-refractivity contribution in [3.63, 3.8) is 0 Å². The molecule has 1 aliphatic heterocycles. The van der Waals surface area contributed by atoms with Gasteiger partial charge in [-0.3, -0.25) is 9.69 Å². The van der Waals surface area contributed by atoms with Crippen molar-refractivity contribution in [3.05, 3.63) is 59.8 Å². The topological polar surface area (TPSA) is 99.7 Å². The molecule has 1 fully saturated rings. The summed E-state index contributed by atoms with van der Waals surface area (Å²) in [6, 6.07) is 13.8. The van der Waals surface area contributed by atoms with Gasteiger partial charge in [-0.15, -0.1) is 0 Å². The van der Waals surface area contributed by atoms with Crippen LogP contribution in [-0.4, -0.2) is 45.3 Å². The molecule has 0 bridgehead atoms. The van der Waals surface area contributed by atoms with E-state index in [4.69, 9.17) is 5.73 Å². The Labute approximate surface area is 159 Å². The Bertz CT molecular complexity index is 768. The van der Waals surface area contributed by atoms with Gasteiger partial charge < -0.3 is 15.9 Å². The van der Waals surface area contributed by atoms with Crippen molar-refractivity contribution in [1.82, 2.24) is 9.88 Å². The van der Waals surface area contributed by atoms with Crippen LogP contribution in [0.15, 0.2) is 48.7 Å². The second kappa shape index (κ2) is 8.50. The van der Waals surface area contributed by atoms with E-state index in [0.29, 0.717) is 38.3 Å². The number of benzene rings is 1. The van der Waals surface area contributed by atoms with E-state index in [2.05, 4.69) is 9.88 Å². The number of aryl methyl sites for hydroxylation is 1. The zero-order valence-corrected chi connectivity index (χ0v) is 15.4. The summed E-state index contributed by atoms with van der Waals surface area (Å²) in [4.78, 5) is 18.3. The van der Waals surface area contributed by atoms with E-state index >= 15 is 0 Å². The van der Waals surface area contributed by atoms with E-state index in [1.54, 1.807) is 6.20 Å². The van der Waals surface area contributed by atoms with Crippen LogP contribution in [0.4, 0.5) is 5.82 Å². The minimum absolute atomic E-state index is 0.312. The highest BCUT2D eigenvalue weighted by atomic mass is 16.4. The lowest BCUT2D eigenvalue weighted by Crippen LogP contribution is -2.55. The second-order valence-electron chi connectivity index (χ2n) is 7.36. The molecule has 144 valence electrons. The summed E-state index contributed by atoms with van der Waals surface area (Å²) >= 11 is 0. The molecule has 0 amide bonds. The number of aliphatic hydroxyl groups is 1. The van der Waals surface area contributed by atoms with E-state index in [1.165, 1.54) is 5.56 Å². The molecule has 0 unspecified atom stereocenters. The second-order valence-corrected chi connectivity index (χ2v) is 7.36. The third-order valence-corrected chi connectivity index (χ3v) is 5.54. The van der Waals surface area contributed by atoms with Gasteiger partial charge in [-0.25, -0.2) is 4.98 Å². The lowest BCUT2D eigenvalue weighted by Gasteiger charge is -2.43. The molecular formula is C21H27N3O3. The molecule has 3 rings (SSSR count). The highest BCUT2D eigenvalue weighted by molar-refractivity contribution is 5.76. The Morgan fingerprint density at radius 3 is 2.74 bits per heavy atom. The number of carbonyl (C=O) groups is 1. The van der Waals surface area contributed by atoms with E-state index in [1.807, 2.05) is 42.5 Å². The first kappa shape index (κ1) is 19.3. The maximum Gasteiger partial charge on any atom is 0.313 e. The van der Waals surface area contributed by atoms with Crippen LogP contribution in [0.3, 0.4) is 0 Å². The van der Waals surface area contributed by atoms with Crippen LogP contribution in [0.2, 0.25) is 0 Å².